The number of nitrogens with one attached hydrogen (secondary N) is 1. The van der Waals surface area contributed by atoms with E-state index in [9.17, 15) is 61.0 Å². The van der Waals surface area contributed by atoms with Gasteiger partial charge >= 0.3 is 0 Å². The van der Waals surface area contributed by atoms with Crippen molar-refractivity contribution in [3.63, 3.8) is 0 Å². The predicted octanol–water partition coefficient (Wildman–Crippen LogP) is 8.43. The smallest absolute Gasteiger partial charge is 0.220 e. The van der Waals surface area contributed by atoms with Crippen LogP contribution in [0.25, 0.3) is 0 Å². The summed E-state index contributed by atoms with van der Waals surface area (Å²) in [5.41, 5.74) is 0. The average Bonchev–Trinajstić information content (AvgIpc) is 1.08. The van der Waals surface area contributed by atoms with E-state index in [2.05, 4.69) is 129 Å². The second kappa shape index (κ2) is 51.6. The SMILES string of the molecule is CC/C=C\C/C=C\C/C=C\C/C=C\C/C=C\C/C=C\C/C=C\C/C=C\CCCCCCCCCCCCC(=O)NC(COC1OC(CO)C(OC2OC(CO)C(OC3OC(CO)C(O)C(O)C3O)C(O)C2O)C(O)C1O)C(O)/C=C/CC/C=C/CCCCCC. The Balaban J connectivity index is 1.35. The van der Waals surface area contributed by atoms with Gasteiger partial charge in [0.15, 0.2) is 18.9 Å². The van der Waals surface area contributed by atoms with E-state index in [1.165, 1.54) is 51.4 Å². The summed E-state index contributed by atoms with van der Waals surface area (Å²) in [5.74, 6) is -0.299. The zero-order valence-electron chi connectivity index (χ0n) is 54.1. The number of ether oxygens (including phenoxy) is 6. The molecule has 3 aliphatic rings. The van der Waals surface area contributed by atoms with Crippen LogP contribution in [-0.2, 0) is 33.2 Å². The number of allylic oxidation sites excluding steroid dienone is 19. The third-order valence-corrected chi connectivity index (χ3v) is 16.0. The molecule has 17 atom stereocenters. The molecule has 3 aliphatic heterocycles. The molecule has 0 aromatic rings. The molecule has 17 unspecified atom stereocenters. The van der Waals surface area contributed by atoms with Crippen LogP contribution in [0.4, 0.5) is 0 Å². The molecule has 90 heavy (non-hydrogen) atoms. The molecular formula is C71H117NO18. The van der Waals surface area contributed by atoms with Crippen LogP contribution >= 0.6 is 0 Å². The van der Waals surface area contributed by atoms with Gasteiger partial charge in [-0.15, -0.1) is 0 Å². The molecule has 1 amide bonds. The number of carbonyl (C=O) groups excluding carboxylic acids is 1. The largest absolute Gasteiger partial charge is 0.394 e. The molecular weight excluding hydrogens is 1150 g/mol. The van der Waals surface area contributed by atoms with Crippen molar-refractivity contribution in [2.24, 2.45) is 0 Å². The summed E-state index contributed by atoms with van der Waals surface area (Å²) in [6.45, 7) is 1.51. The van der Waals surface area contributed by atoms with E-state index in [4.69, 9.17) is 28.4 Å². The van der Waals surface area contributed by atoms with E-state index < -0.39 is 124 Å². The van der Waals surface area contributed by atoms with Crippen LogP contribution in [-0.4, -0.2) is 193 Å². The Bertz CT molecular complexity index is 2100. The highest BCUT2D eigenvalue weighted by Gasteiger charge is 2.53. The molecule has 3 heterocycles. The normalized spacial score (nSPS) is 28.8. The van der Waals surface area contributed by atoms with Gasteiger partial charge in [-0.2, -0.15) is 0 Å². The van der Waals surface area contributed by atoms with Crippen LogP contribution in [0.2, 0.25) is 0 Å². The summed E-state index contributed by atoms with van der Waals surface area (Å²) in [5, 5.41) is 120. The lowest BCUT2D eigenvalue weighted by Gasteiger charge is -2.48. The second-order valence-corrected chi connectivity index (χ2v) is 23.5. The molecule has 0 bridgehead atoms. The van der Waals surface area contributed by atoms with Gasteiger partial charge < -0.3 is 89.9 Å². The molecule has 3 rings (SSSR count). The van der Waals surface area contributed by atoms with Crippen LogP contribution < -0.4 is 5.32 Å². The van der Waals surface area contributed by atoms with Crippen LogP contribution in [0.5, 0.6) is 0 Å². The monoisotopic (exact) mass is 1270 g/mol. The quantitative estimate of drug-likeness (QED) is 0.0201. The molecule has 0 aromatic carbocycles. The summed E-state index contributed by atoms with van der Waals surface area (Å²) < 4.78 is 34.2. The van der Waals surface area contributed by atoms with Crippen LogP contribution in [0.3, 0.4) is 0 Å². The van der Waals surface area contributed by atoms with Gasteiger partial charge in [0.1, 0.15) is 73.2 Å². The van der Waals surface area contributed by atoms with Gasteiger partial charge in [-0.3, -0.25) is 4.79 Å². The Morgan fingerprint density at radius 1 is 0.411 bits per heavy atom. The molecule has 0 aliphatic carbocycles. The minimum atomic E-state index is -1.99. The summed E-state index contributed by atoms with van der Waals surface area (Å²) >= 11 is 0. The molecule has 3 fully saturated rings. The zero-order valence-corrected chi connectivity index (χ0v) is 54.1. The fourth-order valence-corrected chi connectivity index (χ4v) is 10.5. The molecule has 0 saturated carbocycles. The lowest BCUT2D eigenvalue weighted by atomic mass is 9.96. The first-order chi connectivity index (χ1) is 43.8. The minimum Gasteiger partial charge on any atom is -0.394 e. The summed E-state index contributed by atoms with van der Waals surface area (Å²) in [7, 11) is 0. The van der Waals surface area contributed by atoms with Crippen molar-refractivity contribution >= 4 is 5.91 Å². The number of rotatable bonds is 49. The number of aliphatic hydroxyl groups excluding tert-OH is 11. The molecule has 0 spiro atoms. The Morgan fingerprint density at radius 2 is 0.778 bits per heavy atom. The lowest BCUT2D eigenvalue weighted by Crippen LogP contribution is -2.66. The Kier molecular flexibility index (Phi) is 46.1. The Labute approximate surface area is 538 Å². The van der Waals surface area contributed by atoms with Crippen LogP contribution in [0.1, 0.15) is 187 Å². The minimum absolute atomic E-state index is 0.222. The highest BCUT2D eigenvalue weighted by molar-refractivity contribution is 5.76. The highest BCUT2D eigenvalue weighted by Crippen LogP contribution is 2.33. The van der Waals surface area contributed by atoms with Gasteiger partial charge in [0, 0.05) is 6.42 Å². The molecule has 0 radical (unpaired) electrons. The predicted molar refractivity (Wildman–Crippen MR) is 350 cm³/mol. The lowest BCUT2D eigenvalue weighted by molar-refractivity contribution is -0.379. The number of aliphatic hydroxyl groups is 11. The Hall–Kier alpha value is -3.81. The van der Waals surface area contributed by atoms with Crippen molar-refractivity contribution in [2.75, 3.05) is 26.4 Å². The van der Waals surface area contributed by atoms with E-state index in [1.54, 1.807) is 6.08 Å². The van der Waals surface area contributed by atoms with Gasteiger partial charge in [0.25, 0.3) is 0 Å². The first kappa shape index (κ1) is 80.4. The molecule has 3 saturated heterocycles. The second-order valence-electron chi connectivity index (χ2n) is 23.5. The summed E-state index contributed by atoms with van der Waals surface area (Å²) in [4.78, 5) is 13.3. The first-order valence-electron chi connectivity index (χ1n) is 33.8. The fraction of sp³-hybridized carbons (Fsp3) is 0.704. The number of unbranched alkanes of at least 4 members (excludes halogenated alkanes) is 15. The van der Waals surface area contributed by atoms with Gasteiger partial charge in [0.2, 0.25) is 5.91 Å². The third-order valence-electron chi connectivity index (χ3n) is 16.0. The van der Waals surface area contributed by atoms with Crippen molar-refractivity contribution in [1.82, 2.24) is 5.32 Å². The van der Waals surface area contributed by atoms with Crippen molar-refractivity contribution in [3.05, 3.63) is 122 Å². The van der Waals surface area contributed by atoms with E-state index in [0.717, 1.165) is 103 Å². The summed E-state index contributed by atoms with van der Waals surface area (Å²) in [6, 6.07) is -0.999. The van der Waals surface area contributed by atoms with E-state index >= 15 is 0 Å². The van der Waals surface area contributed by atoms with E-state index in [0.29, 0.717) is 12.8 Å². The van der Waals surface area contributed by atoms with Gasteiger partial charge in [-0.05, 0) is 96.3 Å². The van der Waals surface area contributed by atoms with Crippen LogP contribution in [0.15, 0.2) is 122 Å². The molecule has 514 valence electrons. The average molecular weight is 1270 g/mol. The maximum atomic E-state index is 13.3. The number of hydrogen-bond acceptors (Lipinski definition) is 18. The number of amides is 1. The van der Waals surface area contributed by atoms with Crippen molar-refractivity contribution in [1.29, 1.82) is 0 Å². The number of hydrogen-bond donors (Lipinski definition) is 12. The topological polar surface area (TPSA) is 307 Å². The maximum Gasteiger partial charge on any atom is 0.220 e. The van der Waals surface area contributed by atoms with E-state index in [-0.39, 0.29) is 18.9 Å². The molecule has 12 N–H and O–H groups in total. The van der Waals surface area contributed by atoms with Gasteiger partial charge in [-0.1, -0.05) is 206 Å². The first-order valence-corrected chi connectivity index (χ1v) is 33.8. The van der Waals surface area contributed by atoms with Crippen LogP contribution in [0, 0.1) is 0 Å². The summed E-state index contributed by atoms with van der Waals surface area (Å²) in [6.07, 6.45) is 43.5. The molecule has 19 nitrogen and oxygen atoms in total. The van der Waals surface area contributed by atoms with Gasteiger partial charge in [-0.25, -0.2) is 0 Å². The number of carbonyl (C=O) groups is 1. The van der Waals surface area contributed by atoms with E-state index in [1.807, 2.05) is 6.08 Å². The zero-order chi connectivity index (χ0) is 65.4. The third kappa shape index (κ3) is 33.3. The van der Waals surface area contributed by atoms with Gasteiger partial charge in [0.05, 0.1) is 38.6 Å². The van der Waals surface area contributed by atoms with Crippen molar-refractivity contribution in [3.8, 4) is 0 Å². The standard InChI is InChI=1S/C71H117NO18/c1-3-5-7-9-11-13-15-16-17-18-19-20-21-22-23-24-25-26-27-28-29-30-31-32-33-34-35-36-37-38-39-41-43-45-47-49-59(77)72-54(55(76)48-46-44-42-40-14-12-10-8-6-4-2)53-85-69-65(83)62(80)67(57(51-74)87-69)90-71-66(84)63(81)68(58(52-75)88-71)89-70-64(82)61(79)60(78)56(50-73)86-70/h5,7,11,13-14,16-17,19-20,22-23,25-26,28-29,31-32,40,46,48,54-58,60-71,73-76,78-84H,3-4,6,8-10,12,15,18,21,24,27,30,33-39,41-45,47,49-53H2,1-2H3,(H,72,77)/b7-5-,13-11-,17-16-,20-19-,23-22-,26-25-,29-28-,32-31-,40-14+,48-46+. The molecule has 19 heteroatoms. The Morgan fingerprint density at radius 3 is 1.24 bits per heavy atom. The van der Waals surface area contributed by atoms with Crippen molar-refractivity contribution < 1.29 is 89.4 Å². The van der Waals surface area contributed by atoms with Crippen molar-refractivity contribution in [2.45, 2.75) is 291 Å². The highest BCUT2D eigenvalue weighted by atomic mass is 16.8. The molecule has 0 aromatic heterocycles. The fourth-order valence-electron chi connectivity index (χ4n) is 10.5. The maximum absolute atomic E-state index is 13.3.